The highest BCUT2D eigenvalue weighted by molar-refractivity contribution is 9.11. The van der Waals surface area contributed by atoms with Gasteiger partial charge in [0.05, 0.1) is 0 Å². The van der Waals surface area contributed by atoms with Gasteiger partial charge in [0.25, 0.3) is 0 Å². The number of nitrogens with zero attached hydrogens (tertiary/aromatic N) is 3. The van der Waals surface area contributed by atoms with Gasteiger partial charge in [-0.2, -0.15) is 0 Å². The highest BCUT2D eigenvalue weighted by Crippen LogP contribution is 2.28. The molecule has 0 saturated heterocycles. The van der Waals surface area contributed by atoms with Crippen molar-refractivity contribution in [1.29, 1.82) is 0 Å². The van der Waals surface area contributed by atoms with Gasteiger partial charge in [0, 0.05) is 15.8 Å². The molecule has 0 fully saturated rings. The molecule has 0 saturated carbocycles. The van der Waals surface area contributed by atoms with E-state index in [0.717, 1.165) is 14.5 Å². The molecule has 0 bridgehead atoms. The Bertz CT molecular complexity index is 582. The van der Waals surface area contributed by atoms with Crippen molar-refractivity contribution < 1.29 is 0 Å². The summed E-state index contributed by atoms with van der Waals surface area (Å²) >= 11 is 8.25. The molecule has 0 amide bonds. The van der Waals surface area contributed by atoms with E-state index in [1.807, 2.05) is 24.3 Å². The number of thioether (sulfide) groups is 1. The fraction of sp³-hybridized carbons (Fsp3) is 0.0909. The van der Waals surface area contributed by atoms with Gasteiger partial charge in [-0.05, 0) is 16.6 Å². The molecular formula is C11H10Br2N4S. The predicted molar refractivity (Wildman–Crippen MR) is 82.1 cm³/mol. The largest absolute Gasteiger partial charge is 0.335 e. The van der Waals surface area contributed by atoms with Gasteiger partial charge >= 0.3 is 0 Å². The fourth-order valence-corrected chi connectivity index (χ4v) is 2.76. The Hall–Kier alpha value is -0.790. The van der Waals surface area contributed by atoms with E-state index in [9.17, 15) is 0 Å². The van der Waals surface area contributed by atoms with Crippen LogP contribution in [-0.2, 0) is 0 Å². The SMILES string of the molecule is C=C(Br)CSc1nnc(-c2ccccc2Br)n1N. The van der Waals surface area contributed by atoms with E-state index in [4.69, 9.17) is 5.84 Å². The molecule has 0 aliphatic rings. The smallest absolute Gasteiger partial charge is 0.210 e. The molecule has 0 radical (unpaired) electrons. The molecule has 1 aromatic carbocycles. The summed E-state index contributed by atoms with van der Waals surface area (Å²) in [6, 6.07) is 7.75. The first-order valence-electron chi connectivity index (χ1n) is 5.01. The number of nitrogens with two attached hydrogens (primary N) is 1. The second-order valence-electron chi connectivity index (χ2n) is 3.46. The summed E-state index contributed by atoms with van der Waals surface area (Å²) in [5.41, 5.74) is 0.914. The number of benzene rings is 1. The number of nitrogen functional groups attached to an aromatic ring is 1. The van der Waals surface area contributed by atoms with E-state index in [0.29, 0.717) is 16.7 Å². The van der Waals surface area contributed by atoms with Crippen molar-refractivity contribution in [3.8, 4) is 11.4 Å². The van der Waals surface area contributed by atoms with Crippen LogP contribution < -0.4 is 5.84 Å². The van der Waals surface area contributed by atoms with Gasteiger partial charge in [-0.15, -0.1) is 10.2 Å². The van der Waals surface area contributed by atoms with Gasteiger partial charge in [-0.25, -0.2) is 4.68 Å². The molecule has 1 aromatic heterocycles. The number of halogens is 2. The van der Waals surface area contributed by atoms with Crippen LogP contribution in [0.3, 0.4) is 0 Å². The molecular weight excluding hydrogens is 380 g/mol. The minimum atomic E-state index is 0.630. The summed E-state index contributed by atoms with van der Waals surface area (Å²) in [7, 11) is 0. The van der Waals surface area contributed by atoms with Gasteiger partial charge < -0.3 is 5.84 Å². The van der Waals surface area contributed by atoms with Crippen molar-refractivity contribution in [2.24, 2.45) is 0 Å². The molecule has 0 aliphatic heterocycles. The minimum Gasteiger partial charge on any atom is -0.335 e. The molecule has 7 heteroatoms. The van der Waals surface area contributed by atoms with Crippen LogP contribution in [-0.4, -0.2) is 20.6 Å². The number of rotatable bonds is 4. The molecule has 0 spiro atoms. The average Bonchev–Trinajstić information content (AvgIpc) is 2.69. The quantitative estimate of drug-likeness (QED) is 0.642. The lowest BCUT2D eigenvalue weighted by Crippen LogP contribution is -2.11. The van der Waals surface area contributed by atoms with Gasteiger partial charge in [0.1, 0.15) is 0 Å². The van der Waals surface area contributed by atoms with Crippen LogP contribution in [0, 0.1) is 0 Å². The summed E-state index contributed by atoms with van der Waals surface area (Å²) in [6.45, 7) is 3.77. The molecule has 0 unspecified atom stereocenters. The van der Waals surface area contributed by atoms with Crippen molar-refractivity contribution in [1.82, 2.24) is 14.9 Å². The molecule has 0 aliphatic carbocycles. The Morgan fingerprint density at radius 1 is 1.39 bits per heavy atom. The third kappa shape index (κ3) is 2.96. The van der Waals surface area contributed by atoms with Gasteiger partial charge in [-0.3, -0.25) is 0 Å². The fourth-order valence-electron chi connectivity index (χ4n) is 1.34. The third-order valence-electron chi connectivity index (χ3n) is 2.14. The van der Waals surface area contributed by atoms with E-state index >= 15 is 0 Å². The van der Waals surface area contributed by atoms with E-state index in [1.165, 1.54) is 16.4 Å². The van der Waals surface area contributed by atoms with E-state index in [-0.39, 0.29) is 0 Å². The van der Waals surface area contributed by atoms with Crippen LogP contribution in [0.25, 0.3) is 11.4 Å². The molecule has 18 heavy (non-hydrogen) atoms. The average molecular weight is 390 g/mol. The van der Waals surface area contributed by atoms with E-state index in [2.05, 4.69) is 48.6 Å². The molecule has 4 nitrogen and oxygen atoms in total. The summed E-state index contributed by atoms with van der Waals surface area (Å²) in [4.78, 5) is 0. The summed E-state index contributed by atoms with van der Waals surface area (Å²) in [6.07, 6.45) is 0. The first-order valence-corrected chi connectivity index (χ1v) is 7.58. The lowest BCUT2D eigenvalue weighted by molar-refractivity contribution is 0.851. The van der Waals surface area contributed by atoms with Crippen LogP contribution in [0.15, 0.2) is 45.0 Å². The van der Waals surface area contributed by atoms with Gasteiger partial charge in [0.15, 0.2) is 5.82 Å². The predicted octanol–water partition coefficient (Wildman–Crippen LogP) is 3.42. The zero-order chi connectivity index (χ0) is 13.1. The first-order chi connectivity index (χ1) is 8.59. The monoisotopic (exact) mass is 388 g/mol. The van der Waals surface area contributed by atoms with Crippen molar-refractivity contribution in [3.63, 3.8) is 0 Å². The van der Waals surface area contributed by atoms with E-state index < -0.39 is 0 Å². The van der Waals surface area contributed by atoms with Crippen LogP contribution in [0.2, 0.25) is 0 Å². The Kier molecular flexibility index (Phi) is 4.47. The lowest BCUT2D eigenvalue weighted by atomic mass is 10.2. The van der Waals surface area contributed by atoms with Crippen LogP contribution in [0.1, 0.15) is 0 Å². The second kappa shape index (κ2) is 5.90. The van der Waals surface area contributed by atoms with Gasteiger partial charge in [0.2, 0.25) is 5.16 Å². The highest BCUT2D eigenvalue weighted by atomic mass is 79.9. The van der Waals surface area contributed by atoms with Crippen LogP contribution in [0.4, 0.5) is 0 Å². The molecule has 2 aromatic rings. The molecule has 94 valence electrons. The topological polar surface area (TPSA) is 56.7 Å². The second-order valence-corrected chi connectivity index (χ2v) is 6.38. The molecule has 2 rings (SSSR count). The number of aromatic nitrogens is 3. The first kappa shape index (κ1) is 13.6. The maximum atomic E-state index is 6.00. The maximum absolute atomic E-state index is 6.00. The molecule has 0 atom stereocenters. The normalized spacial score (nSPS) is 10.6. The van der Waals surface area contributed by atoms with Crippen molar-refractivity contribution in [3.05, 3.63) is 39.8 Å². The van der Waals surface area contributed by atoms with Crippen molar-refractivity contribution in [2.45, 2.75) is 5.16 Å². The zero-order valence-electron chi connectivity index (χ0n) is 9.31. The Morgan fingerprint density at radius 3 is 2.78 bits per heavy atom. The van der Waals surface area contributed by atoms with E-state index in [1.54, 1.807) is 0 Å². The summed E-state index contributed by atoms with van der Waals surface area (Å²) < 4.78 is 3.31. The number of hydrogen-bond acceptors (Lipinski definition) is 4. The Labute approximate surface area is 126 Å². The third-order valence-corrected chi connectivity index (χ3v) is 4.51. The summed E-state index contributed by atoms with van der Waals surface area (Å²) in [5, 5.41) is 8.84. The Balaban J connectivity index is 2.31. The standard InChI is InChI=1S/C11H10Br2N4S/c1-7(12)6-18-11-16-15-10(17(11)14)8-4-2-3-5-9(8)13/h2-5H,1,6,14H2. The highest BCUT2D eigenvalue weighted by Gasteiger charge is 2.14. The minimum absolute atomic E-state index is 0.630. The maximum Gasteiger partial charge on any atom is 0.210 e. The summed E-state index contributed by atoms with van der Waals surface area (Å²) in [5.74, 6) is 7.32. The van der Waals surface area contributed by atoms with Crippen LogP contribution in [0.5, 0.6) is 0 Å². The lowest BCUT2D eigenvalue weighted by Gasteiger charge is -2.04. The molecule has 2 N–H and O–H groups in total. The van der Waals surface area contributed by atoms with Crippen molar-refractivity contribution in [2.75, 3.05) is 11.6 Å². The Morgan fingerprint density at radius 2 is 2.11 bits per heavy atom. The van der Waals surface area contributed by atoms with Crippen LogP contribution >= 0.6 is 43.6 Å². The number of hydrogen-bond donors (Lipinski definition) is 1. The zero-order valence-corrected chi connectivity index (χ0v) is 13.3. The van der Waals surface area contributed by atoms with Crippen molar-refractivity contribution >= 4 is 43.6 Å². The van der Waals surface area contributed by atoms with Gasteiger partial charge in [-0.1, -0.05) is 62.3 Å². The molecule has 1 heterocycles.